The van der Waals surface area contributed by atoms with Crippen LogP contribution in [0, 0.1) is 5.92 Å². The number of nitrogens with two attached hydrogens (primary N) is 1. The average Bonchev–Trinajstić information content (AvgIpc) is 2.44. The maximum absolute atomic E-state index is 11.8. The largest absolute Gasteiger partial charge is 0.399 e. The molecule has 0 aliphatic heterocycles. The number of amides is 2. The van der Waals surface area contributed by atoms with E-state index in [2.05, 4.69) is 24.5 Å². The molecule has 0 aliphatic carbocycles. The molecule has 110 valence electrons. The van der Waals surface area contributed by atoms with Crippen molar-refractivity contribution in [2.24, 2.45) is 5.92 Å². The molecule has 20 heavy (non-hydrogen) atoms. The Morgan fingerprint density at radius 3 is 2.35 bits per heavy atom. The quantitative estimate of drug-likeness (QED) is 0.690. The Bertz CT molecular complexity index is 457. The van der Waals surface area contributed by atoms with Gasteiger partial charge in [0.1, 0.15) is 0 Å². The van der Waals surface area contributed by atoms with E-state index < -0.39 is 0 Å². The van der Waals surface area contributed by atoms with Crippen molar-refractivity contribution >= 4 is 17.5 Å². The summed E-state index contributed by atoms with van der Waals surface area (Å²) in [5, 5.41) is 5.46. The summed E-state index contributed by atoms with van der Waals surface area (Å²) in [6.07, 6.45) is 0.999. The first-order valence-corrected chi connectivity index (χ1v) is 6.87. The fourth-order valence-corrected chi connectivity index (χ4v) is 1.70. The molecule has 2 unspecified atom stereocenters. The van der Waals surface area contributed by atoms with Gasteiger partial charge in [0.25, 0.3) is 5.91 Å². The van der Waals surface area contributed by atoms with Crippen LogP contribution in [0.3, 0.4) is 0 Å². The molecule has 0 saturated carbocycles. The Hall–Kier alpha value is -2.04. The zero-order valence-corrected chi connectivity index (χ0v) is 12.3. The molecule has 5 nitrogen and oxygen atoms in total. The van der Waals surface area contributed by atoms with Crippen LogP contribution in [0.15, 0.2) is 24.3 Å². The summed E-state index contributed by atoms with van der Waals surface area (Å²) < 4.78 is 0. The third-order valence-corrected chi connectivity index (χ3v) is 3.47. The van der Waals surface area contributed by atoms with Crippen LogP contribution in [0.2, 0.25) is 0 Å². The summed E-state index contributed by atoms with van der Waals surface area (Å²) in [4.78, 5) is 23.5. The van der Waals surface area contributed by atoms with Crippen molar-refractivity contribution in [2.45, 2.75) is 33.2 Å². The number of rotatable bonds is 6. The molecule has 0 heterocycles. The molecule has 2 amide bonds. The molecule has 0 fully saturated rings. The van der Waals surface area contributed by atoms with Gasteiger partial charge in [0.05, 0.1) is 6.54 Å². The number of nitrogen functional groups attached to an aromatic ring is 1. The van der Waals surface area contributed by atoms with Crippen molar-refractivity contribution in [3.05, 3.63) is 29.8 Å². The van der Waals surface area contributed by atoms with E-state index in [1.165, 1.54) is 0 Å². The third kappa shape index (κ3) is 4.91. The van der Waals surface area contributed by atoms with E-state index in [1.807, 2.05) is 6.92 Å². The highest BCUT2D eigenvalue weighted by Gasteiger charge is 2.14. The SMILES string of the molecule is CCC(C)C(C)NC(=O)CNC(=O)c1ccc(N)cc1. The van der Waals surface area contributed by atoms with Crippen LogP contribution in [0.1, 0.15) is 37.6 Å². The Morgan fingerprint density at radius 2 is 1.80 bits per heavy atom. The lowest BCUT2D eigenvalue weighted by molar-refractivity contribution is -0.121. The monoisotopic (exact) mass is 277 g/mol. The Morgan fingerprint density at radius 1 is 1.20 bits per heavy atom. The third-order valence-electron chi connectivity index (χ3n) is 3.47. The number of benzene rings is 1. The van der Waals surface area contributed by atoms with Gasteiger partial charge in [0, 0.05) is 17.3 Å². The van der Waals surface area contributed by atoms with Crippen molar-refractivity contribution in [2.75, 3.05) is 12.3 Å². The molecule has 0 bridgehead atoms. The van der Waals surface area contributed by atoms with E-state index >= 15 is 0 Å². The van der Waals surface area contributed by atoms with Gasteiger partial charge in [-0.15, -0.1) is 0 Å². The lowest BCUT2D eigenvalue weighted by atomic mass is 10.0. The van der Waals surface area contributed by atoms with Crippen molar-refractivity contribution in [3.63, 3.8) is 0 Å². The van der Waals surface area contributed by atoms with E-state index in [4.69, 9.17) is 5.73 Å². The maximum Gasteiger partial charge on any atom is 0.251 e. The van der Waals surface area contributed by atoms with Gasteiger partial charge in [-0.1, -0.05) is 20.3 Å². The van der Waals surface area contributed by atoms with Gasteiger partial charge in [-0.05, 0) is 37.1 Å². The number of hydrogen-bond acceptors (Lipinski definition) is 3. The van der Waals surface area contributed by atoms with Crippen LogP contribution < -0.4 is 16.4 Å². The second-order valence-electron chi connectivity index (χ2n) is 5.05. The molecular formula is C15H23N3O2. The highest BCUT2D eigenvalue weighted by Crippen LogP contribution is 2.06. The fraction of sp³-hybridized carbons (Fsp3) is 0.467. The smallest absolute Gasteiger partial charge is 0.251 e. The van der Waals surface area contributed by atoms with Crippen LogP contribution in [-0.2, 0) is 4.79 Å². The minimum Gasteiger partial charge on any atom is -0.399 e. The Kier molecular flexibility index (Phi) is 6.03. The van der Waals surface area contributed by atoms with Crippen LogP contribution in [0.4, 0.5) is 5.69 Å². The summed E-state index contributed by atoms with van der Waals surface area (Å²) in [7, 11) is 0. The highest BCUT2D eigenvalue weighted by atomic mass is 16.2. The van der Waals surface area contributed by atoms with Crippen LogP contribution in [0.25, 0.3) is 0 Å². The normalized spacial score (nSPS) is 13.3. The van der Waals surface area contributed by atoms with Gasteiger partial charge >= 0.3 is 0 Å². The molecular weight excluding hydrogens is 254 g/mol. The molecule has 1 rings (SSSR count). The molecule has 0 saturated heterocycles. The molecule has 1 aromatic carbocycles. The molecule has 0 radical (unpaired) electrons. The number of carbonyl (C=O) groups is 2. The minimum atomic E-state index is -0.281. The van der Waals surface area contributed by atoms with Gasteiger partial charge in [-0.3, -0.25) is 9.59 Å². The zero-order valence-electron chi connectivity index (χ0n) is 12.3. The molecule has 0 aromatic heterocycles. The molecule has 1 aromatic rings. The van der Waals surface area contributed by atoms with Crippen molar-refractivity contribution in [1.29, 1.82) is 0 Å². The first kappa shape index (κ1) is 16.0. The Labute approximate surface area is 119 Å². The van der Waals surface area contributed by atoms with E-state index in [-0.39, 0.29) is 24.4 Å². The summed E-state index contributed by atoms with van der Waals surface area (Å²) >= 11 is 0. The predicted molar refractivity (Wildman–Crippen MR) is 80.2 cm³/mol. The van der Waals surface area contributed by atoms with Crippen LogP contribution in [0.5, 0.6) is 0 Å². The second-order valence-corrected chi connectivity index (χ2v) is 5.05. The zero-order chi connectivity index (χ0) is 15.1. The van der Waals surface area contributed by atoms with Crippen molar-refractivity contribution < 1.29 is 9.59 Å². The predicted octanol–water partition coefficient (Wildman–Crippen LogP) is 1.55. The molecule has 5 heteroatoms. The fourth-order valence-electron chi connectivity index (χ4n) is 1.70. The number of hydrogen-bond donors (Lipinski definition) is 3. The maximum atomic E-state index is 11.8. The first-order chi connectivity index (χ1) is 9.43. The van der Waals surface area contributed by atoms with Gasteiger partial charge in [0.15, 0.2) is 0 Å². The van der Waals surface area contributed by atoms with Crippen LogP contribution in [-0.4, -0.2) is 24.4 Å². The standard InChI is InChI=1S/C15H23N3O2/c1-4-10(2)11(3)18-14(19)9-17-15(20)12-5-7-13(16)8-6-12/h5-8,10-11H,4,9,16H2,1-3H3,(H,17,20)(H,18,19). The Balaban J connectivity index is 2.41. The van der Waals surface area contributed by atoms with Gasteiger partial charge < -0.3 is 16.4 Å². The summed E-state index contributed by atoms with van der Waals surface area (Å²) in [6.45, 7) is 6.10. The summed E-state index contributed by atoms with van der Waals surface area (Å²) in [5.41, 5.74) is 6.64. The molecule has 4 N–H and O–H groups in total. The van der Waals surface area contributed by atoms with Gasteiger partial charge in [-0.2, -0.15) is 0 Å². The summed E-state index contributed by atoms with van der Waals surface area (Å²) in [6, 6.07) is 6.66. The summed E-state index contributed by atoms with van der Waals surface area (Å²) in [5.74, 6) is -0.0512. The first-order valence-electron chi connectivity index (χ1n) is 6.87. The van der Waals surface area contributed by atoms with E-state index in [0.29, 0.717) is 17.2 Å². The van der Waals surface area contributed by atoms with Crippen molar-refractivity contribution in [3.8, 4) is 0 Å². The molecule has 2 atom stereocenters. The van der Waals surface area contributed by atoms with Gasteiger partial charge in [0.2, 0.25) is 5.91 Å². The number of nitrogens with one attached hydrogen (secondary N) is 2. The van der Waals surface area contributed by atoms with E-state index in [1.54, 1.807) is 24.3 Å². The number of anilines is 1. The van der Waals surface area contributed by atoms with E-state index in [9.17, 15) is 9.59 Å². The molecule has 0 spiro atoms. The number of carbonyl (C=O) groups excluding carboxylic acids is 2. The lowest BCUT2D eigenvalue weighted by Crippen LogP contribution is -2.43. The highest BCUT2D eigenvalue weighted by molar-refractivity contribution is 5.96. The topological polar surface area (TPSA) is 84.2 Å². The van der Waals surface area contributed by atoms with Gasteiger partial charge in [-0.25, -0.2) is 0 Å². The van der Waals surface area contributed by atoms with E-state index in [0.717, 1.165) is 6.42 Å². The minimum absolute atomic E-state index is 0.0238. The van der Waals surface area contributed by atoms with Crippen molar-refractivity contribution in [1.82, 2.24) is 10.6 Å². The second kappa shape index (κ2) is 7.53. The molecule has 0 aliphatic rings. The van der Waals surface area contributed by atoms with Crippen LogP contribution >= 0.6 is 0 Å². The average molecular weight is 277 g/mol. The lowest BCUT2D eigenvalue weighted by Gasteiger charge is -2.19.